The van der Waals surface area contributed by atoms with E-state index >= 15 is 0 Å². The molecule has 90 valence electrons. The normalized spacial score (nSPS) is 17.9. The third-order valence-electron chi connectivity index (χ3n) is 3.67. The maximum atomic E-state index is 4.53. The van der Waals surface area contributed by atoms with E-state index in [2.05, 4.69) is 27.6 Å². The third kappa shape index (κ3) is 2.02. The lowest BCUT2D eigenvalue weighted by atomic mass is 9.84. The first-order valence-electron chi connectivity index (χ1n) is 6.05. The Balaban J connectivity index is 1.72. The number of nitrogens with zero attached hydrogens (tertiary/aromatic N) is 1. The van der Waals surface area contributed by atoms with Gasteiger partial charge in [0.2, 0.25) is 5.95 Å². The van der Waals surface area contributed by atoms with Crippen LogP contribution in [-0.2, 0) is 0 Å². The summed E-state index contributed by atoms with van der Waals surface area (Å²) in [5.74, 6) is 0.895. The van der Waals surface area contributed by atoms with E-state index in [-0.39, 0.29) is 0 Å². The van der Waals surface area contributed by atoms with Crippen LogP contribution in [0.3, 0.4) is 0 Å². The molecule has 0 radical (unpaired) electrons. The van der Waals surface area contributed by atoms with Gasteiger partial charge in [-0.25, -0.2) is 4.98 Å². The zero-order chi connectivity index (χ0) is 11.7. The smallest absolute Gasteiger partial charge is 0.201 e. The van der Waals surface area contributed by atoms with E-state index in [4.69, 9.17) is 0 Å². The van der Waals surface area contributed by atoms with Gasteiger partial charge in [-0.15, -0.1) is 0 Å². The Hall–Kier alpha value is -1.16. The van der Waals surface area contributed by atoms with Gasteiger partial charge in [-0.3, -0.25) is 0 Å². The summed E-state index contributed by atoms with van der Waals surface area (Å²) < 4.78 is 0.443. The van der Waals surface area contributed by atoms with E-state index in [1.165, 1.54) is 19.3 Å². The molecule has 17 heavy (non-hydrogen) atoms. The van der Waals surface area contributed by atoms with Gasteiger partial charge in [-0.05, 0) is 31.2 Å². The van der Waals surface area contributed by atoms with Crippen LogP contribution in [-0.4, -0.2) is 27.5 Å². The summed E-state index contributed by atoms with van der Waals surface area (Å²) in [6.45, 7) is 1.01. The molecule has 0 bridgehead atoms. The van der Waals surface area contributed by atoms with Gasteiger partial charge in [0, 0.05) is 11.3 Å². The lowest BCUT2D eigenvalue weighted by Gasteiger charge is -2.40. The SMILES string of the molecule is CSC1(CNc2nc3ccccc3[nH]2)CCC1. The van der Waals surface area contributed by atoms with Gasteiger partial charge in [0.25, 0.3) is 0 Å². The monoisotopic (exact) mass is 247 g/mol. The quantitative estimate of drug-likeness (QED) is 0.871. The Morgan fingerprint density at radius 3 is 2.88 bits per heavy atom. The Labute approximate surface area is 105 Å². The van der Waals surface area contributed by atoms with Crippen molar-refractivity contribution in [3.05, 3.63) is 24.3 Å². The van der Waals surface area contributed by atoms with Gasteiger partial charge >= 0.3 is 0 Å². The molecule has 0 amide bonds. The Morgan fingerprint density at radius 2 is 2.24 bits per heavy atom. The van der Waals surface area contributed by atoms with E-state index in [0.29, 0.717) is 4.75 Å². The number of anilines is 1. The number of hydrogen-bond acceptors (Lipinski definition) is 3. The van der Waals surface area contributed by atoms with E-state index in [0.717, 1.165) is 23.5 Å². The second-order valence-electron chi connectivity index (χ2n) is 4.70. The minimum Gasteiger partial charge on any atom is -0.354 e. The summed E-state index contributed by atoms with van der Waals surface area (Å²) >= 11 is 1.98. The number of benzene rings is 1. The van der Waals surface area contributed by atoms with Crippen molar-refractivity contribution in [2.24, 2.45) is 0 Å². The summed E-state index contributed by atoms with van der Waals surface area (Å²) in [5.41, 5.74) is 2.13. The lowest BCUT2D eigenvalue weighted by molar-refractivity contribution is 0.379. The second-order valence-corrected chi connectivity index (χ2v) is 5.97. The van der Waals surface area contributed by atoms with Crippen molar-refractivity contribution in [3.63, 3.8) is 0 Å². The average molecular weight is 247 g/mol. The first kappa shape index (κ1) is 11.0. The molecule has 1 heterocycles. The highest BCUT2D eigenvalue weighted by molar-refractivity contribution is 8.00. The first-order chi connectivity index (χ1) is 8.31. The molecular weight excluding hydrogens is 230 g/mol. The highest BCUT2D eigenvalue weighted by Gasteiger charge is 2.35. The number of para-hydroxylation sites is 2. The fourth-order valence-electron chi connectivity index (χ4n) is 2.31. The van der Waals surface area contributed by atoms with Crippen LogP contribution >= 0.6 is 11.8 Å². The van der Waals surface area contributed by atoms with E-state index < -0.39 is 0 Å². The van der Waals surface area contributed by atoms with Gasteiger partial charge in [0.15, 0.2) is 0 Å². The number of H-pyrrole nitrogens is 1. The summed E-state index contributed by atoms with van der Waals surface area (Å²) in [4.78, 5) is 7.84. The van der Waals surface area contributed by atoms with Crippen LogP contribution in [0.5, 0.6) is 0 Å². The molecule has 2 N–H and O–H groups in total. The number of thioether (sulfide) groups is 1. The fraction of sp³-hybridized carbons (Fsp3) is 0.462. The maximum Gasteiger partial charge on any atom is 0.201 e. The van der Waals surface area contributed by atoms with Crippen molar-refractivity contribution >= 4 is 28.7 Å². The fourth-order valence-corrected chi connectivity index (χ4v) is 3.22. The minimum atomic E-state index is 0.443. The van der Waals surface area contributed by atoms with E-state index in [9.17, 15) is 0 Å². The van der Waals surface area contributed by atoms with Crippen LogP contribution in [0, 0.1) is 0 Å². The second kappa shape index (κ2) is 4.26. The van der Waals surface area contributed by atoms with Gasteiger partial charge in [-0.2, -0.15) is 11.8 Å². The number of hydrogen-bond donors (Lipinski definition) is 2. The van der Waals surface area contributed by atoms with Crippen LogP contribution in [0.4, 0.5) is 5.95 Å². The Morgan fingerprint density at radius 1 is 1.41 bits per heavy atom. The van der Waals surface area contributed by atoms with Crippen LogP contribution < -0.4 is 5.32 Å². The standard InChI is InChI=1S/C13H17N3S/c1-17-13(7-4-8-13)9-14-12-15-10-5-2-3-6-11(10)16-12/h2-3,5-6H,4,7-9H2,1H3,(H2,14,15,16). The van der Waals surface area contributed by atoms with Crippen molar-refractivity contribution in [2.45, 2.75) is 24.0 Å². The summed E-state index contributed by atoms with van der Waals surface area (Å²) in [5, 5.41) is 3.44. The molecule has 1 aliphatic carbocycles. The summed E-state index contributed by atoms with van der Waals surface area (Å²) in [6, 6.07) is 8.13. The van der Waals surface area contributed by atoms with Gasteiger partial charge in [0.05, 0.1) is 11.0 Å². The van der Waals surface area contributed by atoms with Crippen molar-refractivity contribution in [2.75, 3.05) is 18.1 Å². The average Bonchev–Trinajstić information content (AvgIpc) is 2.71. The number of aromatic amines is 1. The van der Waals surface area contributed by atoms with Gasteiger partial charge < -0.3 is 10.3 Å². The van der Waals surface area contributed by atoms with Gasteiger partial charge in [-0.1, -0.05) is 18.6 Å². The number of nitrogens with one attached hydrogen (secondary N) is 2. The molecule has 4 heteroatoms. The number of fused-ring (bicyclic) bond motifs is 1. The number of rotatable bonds is 4. The zero-order valence-electron chi connectivity index (χ0n) is 9.99. The molecule has 0 spiro atoms. The molecule has 3 rings (SSSR count). The zero-order valence-corrected chi connectivity index (χ0v) is 10.8. The lowest BCUT2D eigenvalue weighted by Crippen LogP contribution is -2.40. The van der Waals surface area contributed by atoms with Gasteiger partial charge in [0.1, 0.15) is 0 Å². The molecule has 1 fully saturated rings. The molecule has 0 atom stereocenters. The molecule has 1 aliphatic rings. The molecule has 0 aliphatic heterocycles. The maximum absolute atomic E-state index is 4.53. The third-order valence-corrected chi connectivity index (χ3v) is 5.08. The topological polar surface area (TPSA) is 40.7 Å². The van der Waals surface area contributed by atoms with Crippen molar-refractivity contribution in [3.8, 4) is 0 Å². The predicted molar refractivity (Wildman–Crippen MR) is 74.7 cm³/mol. The van der Waals surface area contributed by atoms with Crippen molar-refractivity contribution in [1.29, 1.82) is 0 Å². The highest BCUT2D eigenvalue weighted by Crippen LogP contribution is 2.42. The molecule has 3 nitrogen and oxygen atoms in total. The molecule has 2 aromatic rings. The largest absolute Gasteiger partial charge is 0.354 e. The van der Waals surface area contributed by atoms with Crippen LogP contribution in [0.25, 0.3) is 11.0 Å². The van der Waals surface area contributed by atoms with Crippen molar-refractivity contribution < 1.29 is 0 Å². The first-order valence-corrected chi connectivity index (χ1v) is 7.28. The van der Waals surface area contributed by atoms with E-state index in [1.54, 1.807) is 0 Å². The Bertz CT molecular complexity index is 478. The van der Waals surface area contributed by atoms with Crippen LogP contribution in [0.15, 0.2) is 24.3 Å². The number of imidazole rings is 1. The molecule has 1 aromatic heterocycles. The molecule has 1 saturated carbocycles. The summed E-state index contributed by atoms with van der Waals surface area (Å²) in [6.07, 6.45) is 6.21. The van der Waals surface area contributed by atoms with Crippen molar-refractivity contribution in [1.82, 2.24) is 9.97 Å². The number of aromatic nitrogens is 2. The summed E-state index contributed by atoms with van der Waals surface area (Å²) in [7, 11) is 0. The molecule has 0 saturated heterocycles. The minimum absolute atomic E-state index is 0.443. The Kier molecular flexibility index (Phi) is 2.74. The predicted octanol–water partition coefficient (Wildman–Crippen LogP) is 3.26. The molecule has 0 unspecified atom stereocenters. The molecular formula is C13H17N3S. The van der Waals surface area contributed by atoms with E-state index in [1.807, 2.05) is 30.0 Å². The van der Waals surface area contributed by atoms with Crippen LogP contribution in [0.2, 0.25) is 0 Å². The highest BCUT2D eigenvalue weighted by atomic mass is 32.2. The van der Waals surface area contributed by atoms with Crippen LogP contribution in [0.1, 0.15) is 19.3 Å². The molecule has 1 aromatic carbocycles.